The van der Waals surface area contributed by atoms with Gasteiger partial charge in [0.15, 0.2) is 0 Å². The summed E-state index contributed by atoms with van der Waals surface area (Å²) in [5.41, 5.74) is 2.80. The number of carbonyl (C=O) groups is 1. The second-order valence-electron chi connectivity index (χ2n) is 7.32. The van der Waals surface area contributed by atoms with Crippen LogP contribution in [0.25, 0.3) is 0 Å². The quantitative estimate of drug-likeness (QED) is 0.715. The van der Waals surface area contributed by atoms with Crippen molar-refractivity contribution in [3.63, 3.8) is 0 Å². The molecule has 0 heterocycles. The molecule has 156 valence electrons. The van der Waals surface area contributed by atoms with E-state index in [1.54, 1.807) is 24.3 Å². The summed E-state index contributed by atoms with van der Waals surface area (Å²) in [6, 6.07) is 14.8. The van der Waals surface area contributed by atoms with Gasteiger partial charge < -0.3 is 10.1 Å². The van der Waals surface area contributed by atoms with Gasteiger partial charge in [-0.3, -0.25) is 9.10 Å². The zero-order valence-corrected chi connectivity index (χ0v) is 17.7. The molecule has 6 nitrogen and oxygen atoms in total. The molecule has 1 aliphatic carbocycles. The van der Waals surface area contributed by atoms with Gasteiger partial charge in [-0.2, -0.15) is 0 Å². The van der Waals surface area contributed by atoms with E-state index in [2.05, 4.69) is 11.4 Å². The molecule has 0 saturated heterocycles. The zero-order valence-electron chi connectivity index (χ0n) is 16.9. The topological polar surface area (TPSA) is 75.7 Å². The predicted molar refractivity (Wildman–Crippen MR) is 115 cm³/mol. The van der Waals surface area contributed by atoms with Gasteiger partial charge in [0.25, 0.3) is 0 Å². The van der Waals surface area contributed by atoms with Crippen molar-refractivity contribution in [3.8, 4) is 5.75 Å². The average Bonchev–Trinajstić information content (AvgIpc) is 2.70. The van der Waals surface area contributed by atoms with Crippen molar-refractivity contribution in [3.05, 3.63) is 59.7 Å². The lowest BCUT2D eigenvalue weighted by Gasteiger charge is -2.28. The Bertz CT molecular complexity index is 942. The molecule has 1 N–H and O–H groups in total. The standard InChI is InChI=1S/C22H28N2O4S/c1-3-15-28-19-13-11-18(12-14-19)24(29(2,26)27)16-22(25)23-21-10-6-8-17-7-4-5-9-20(17)21/h4-5,7,9,11-14,21H,3,6,8,10,15-16H2,1-2H3,(H,23,25). The largest absolute Gasteiger partial charge is 0.494 e. The fourth-order valence-electron chi connectivity index (χ4n) is 3.60. The van der Waals surface area contributed by atoms with Gasteiger partial charge in [-0.15, -0.1) is 0 Å². The maximum atomic E-state index is 12.7. The minimum absolute atomic E-state index is 0.0846. The van der Waals surface area contributed by atoms with Crippen LogP contribution in [0, 0.1) is 0 Å². The van der Waals surface area contributed by atoms with Crippen molar-refractivity contribution in [1.82, 2.24) is 5.32 Å². The van der Waals surface area contributed by atoms with Crippen LogP contribution >= 0.6 is 0 Å². The minimum atomic E-state index is -3.61. The molecule has 0 radical (unpaired) electrons. The number of ether oxygens (including phenoxy) is 1. The summed E-state index contributed by atoms with van der Waals surface area (Å²) in [6.45, 7) is 2.36. The molecule has 0 aliphatic heterocycles. The van der Waals surface area contributed by atoms with Gasteiger partial charge in [-0.05, 0) is 61.1 Å². The van der Waals surface area contributed by atoms with Gasteiger partial charge >= 0.3 is 0 Å². The third-order valence-corrected chi connectivity index (χ3v) is 6.13. The molecule has 0 fully saturated rings. The van der Waals surface area contributed by atoms with Gasteiger partial charge in [-0.25, -0.2) is 8.42 Å². The van der Waals surface area contributed by atoms with E-state index in [4.69, 9.17) is 4.74 Å². The Morgan fingerprint density at radius 3 is 2.59 bits per heavy atom. The van der Waals surface area contributed by atoms with Gasteiger partial charge in [0.2, 0.25) is 15.9 Å². The maximum absolute atomic E-state index is 12.7. The van der Waals surface area contributed by atoms with E-state index in [0.29, 0.717) is 18.0 Å². The van der Waals surface area contributed by atoms with E-state index in [0.717, 1.165) is 41.8 Å². The molecule has 2 aromatic rings. The molecule has 1 aliphatic rings. The second-order valence-corrected chi connectivity index (χ2v) is 9.23. The molecular weight excluding hydrogens is 388 g/mol. The van der Waals surface area contributed by atoms with Crippen LogP contribution in [-0.2, 0) is 21.2 Å². The number of nitrogens with zero attached hydrogens (tertiary/aromatic N) is 1. The highest BCUT2D eigenvalue weighted by Crippen LogP contribution is 2.29. The first-order valence-electron chi connectivity index (χ1n) is 9.96. The molecule has 1 atom stereocenters. The fourth-order valence-corrected chi connectivity index (χ4v) is 4.46. The first kappa shape index (κ1) is 21.2. The average molecular weight is 417 g/mol. The normalized spacial score (nSPS) is 16.0. The van der Waals surface area contributed by atoms with Gasteiger partial charge in [0.1, 0.15) is 12.3 Å². The van der Waals surface area contributed by atoms with Crippen molar-refractivity contribution in [2.75, 3.05) is 23.7 Å². The summed E-state index contributed by atoms with van der Waals surface area (Å²) >= 11 is 0. The molecule has 1 amide bonds. The lowest BCUT2D eigenvalue weighted by molar-refractivity contribution is -0.120. The molecule has 1 unspecified atom stereocenters. The molecule has 0 saturated carbocycles. The lowest BCUT2D eigenvalue weighted by atomic mass is 9.88. The second kappa shape index (κ2) is 9.31. The van der Waals surface area contributed by atoms with Crippen LogP contribution in [0.4, 0.5) is 5.69 Å². The van der Waals surface area contributed by atoms with Crippen molar-refractivity contribution >= 4 is 21.6 Å². The summed E-state index contributed by atoms with van der Waals surface area (Å²) in [7, 11) is -3.61. The number of hydrogen-bond acceptors (Lipinski definition) is 4. The summed E-state index contributed by atoms with van der Waals surface area (Å²) in [5, 5.41) is 3.02. The third-order valence-electron chi connectivity index (χ3n) is 4.99. The van der Waals surface area contributed by atoms with E-state index in [1.165, 1.54) is 5.56 Å². The molecule has 3 rings (SSSR count). The van der Waals surface area contributed by atoms with E-state index < -0.39 is 10.0 Å². The number of benzene rings is 2. The summed E-state index contributed by atoms with van der Waals surface area (Å²) in [5.74, 6) is 0.357. The van der Waals surface area contributed by atoms with Crippen LogP contribution < -0.4 is 14.4 Å². The molecular formula is C22H28N2O4S. The molecule has 29 heavy (non-hydrogen) atoms. The number of amides is 1. The van der Waals surface area contributed by atoms with E-state index >= 15 is 0 Å². The van der Waals surface area contributed by atoms with Crippen LogP contribution in [-0.4, -0.2) is 33.7 Å². The van der Waals surface area contributed by atoms with Gasteiger partial charge in [-0.1, -0.05) is 31.2 Å². The molecule has 0 aromatic heterocycles. The highest BCUT2D eigenvalue weighted by molar-refractivity contribution is 7.92. The number of carbonyl (C=O) groups excluding carboxylic acids is 1. The third kappa shape index (κ3) is 5.50. The first-order valence-corrected chi connectivity index (χ1v) is 11.8. The summed E-state index contributed by atoms with van der Waals surface area (Å²) in [4.78, 5) is 12.7. The number of nitrogens with one attached hydrogen (secondary N) is 1. The van der Waals surface area contributed by atoms with E-state index in [9.17, 15) is 13.2 Å². The number of aryl methyl sites for hydroxylation is 1. The number of anilines is 1. The number of fused-ring (bicyclic) bond motifs is 1. The molecule has 0 spiro atoms. The summed E-state index contributed by atoms with van der Waals surface area (Å²) in [6.07, 6.45) is 4.85. The monoisotopic (exact) mass is 416 g/mol. The predicted octanol–water partition coefficient (Wildman–Crippen LogP) is 3.44. The van der Waals surface area contributed by atoms with Gasteiger partial charge in [0, 0.05) is 0 Å². The number of hydrogen-bond donors (Lipinski definition) is 1. The van der Waals surface area contributed by atoms with Crippen molar-refractivity contribution in [2.45, 2.75) is 38.6 Å². The summed E-state index contributed by atoms with van der Waals surface area (Å²) < 4.78 is 31.3. The Labute approximate surface area is 172 Å². The Hall–Kier alpha value is -2.54. The Balaban J connectivity index is 1.72. The lowest BCUT2D eigenvalue weighted by Crippen LogP contribution is -2.42. The number of sulfonamides is 1. The van der Waals surface area contributed by atoms with E-state index in [-0.39, 0.29) is 18.5 Å². The fraction of sp³-hybridized carbons (Fsp3) is 0.409. The van der Waals surface area contributed by atoms with Crippen molar-refractivity contribution < 1.29 is 17.9 Å². The van der Waals surface area contributed by atoms with Crippen molar-refractivity contribution in [2.24, 2.45) is 0 Å². The van der Waals surface area contributed by atoms with Crippen LogP contribution in [0.2, 0.25) is 0 Å². The molecule has 2 aromatic carbocycles. The number of rotatable bonds is 8. The Kier molecular flexibility index (Phi) is 6.79. The van der Waals surface area contributed by atoms with Crippen LogP contribution in [0.5, 0.6) is 5.75 Å². The maximum Gasteiger partial charge on any atom is 0.241 e. The Morgan fingerprint density at radius 1 is 1.17 bits per heavy atom. The van der Waals surface area contributed by atoms with Crippen LogP contribution in [0.15, 0.2) is 48.5 Å². The van der Waals surface area contributed by atoms with Gasteiger partial charge in [0.05, 0.1) is 24.6 Å². The van der Waals surface area contributed by atoms with Crippen LogP contribution in [0.3, 0.4) is 0 Å². The minimum Gasteiger partial charge on any atom is -0.494 e. The van der Waals surface area contributed by atoms with Crippen LogP contribution in [0.1, 0.15) is 43.4 Å². The smallest absolute Gasteiger partial charge is 0.241 e. The zero-order chi connectivity index (χ0) is 20.9. The highest BCUT2D eigenvalue weighted by Gasteiger charge is 2.25. The Morgan fingerprint density at radius 2 is 1.90 bits per heavy atom. The molecule has 7 heteroatoms. The van der Waals surface area contributed by atoms with E-state index in [1.807, 2.05) is 25.1 Å². The van der Waals surface area contributed by atoms with Crippen molar-refractivity contribution in [1.29, 1.82) is 0 Å². The highest BCUT2D eigenvalue weighted by atomic mass is 32.2. The SMILES string of the molecule is CCCOc1ccc(N(CC(=O)NC2CCCc3ccccc32)S(C)(=O)=O)cc1. The first-order chi connectivity index (χ1) is 13.9. The molecule has 0 bridgehead atoms.